The third kappa shape index (κ3) is 4.73. The van der Waals surface area contributed by atoms with Gasteiger partial charge < -0.3 is 10.6 Å². The summed E-state index contributed by atoms with van der Waals surface area (Å²) in [5, 5.41) is 5.61. The van der Waals surface area contributed by atoms with Gasteiger partial charge in [-0.1, -0.05) is 24.3 Å². The second kappa shape index (κ2) is 6.82. The number of nitrogens with one attached hydrogen (secondary N) is 1. The number of nitrogens with two attached hydrogens (primary N) is 1. The maximum atomic E-state index is 12.6. The molecule has 0 atom stereocenters. The van der Waals surface area contributed by atoms with E-state index in [0.29, 0.717) is 5.75 Å². The molecule has 0 heterocycles. The number of para-hydroxylation sites is 1. The van der Waals surface area contributed by atoms with E-state index < -0.39 is 17.6 Å². The molecule has 2 aromatic carbocycles. The summed E-state index contributed by atoms with van der Waals surface area (Å²) < 4.78 is 37.8. The second-order valence-corrected chi connectivity index (χ2v) is 4.41. The summed E-state index contributed by atoms with van der Waals surface area (Å²) in [6.45, 7) is 0. The molecule has 0 aliphatic heterocycles. The summed E-state index contributed by atoms with van der Waals surface area (Å²) in [4.78, 5) is 16.8. The minimum absolute atomic E-state index is 0.197. The first kappa shape index (κ1) is 16.3. The number of hydrogen-bond donors (Lipinski definition) is 2. The maximum Gasteiger partial charge on any atom is 0.416 e. The van der Waals surface area contributed by atoms with Gasteiger partial charge in [-0.25, -0.2) is 0 Å². The molecule has 8 heteroatoms. The zero-order valence-corrected chi connectivity index (χ0v) is 11.7. The van der Waals surface area contributed by atoms with Crippen molar-refractivity contribution in [3.05, 3.63) is 65.7 Å². The standard InChI is InChI=1S/C15H12F3N3O2/c16-15(17,18)11-6-4-5-10(9-11)13(22)20-14(19)21-23-12-7-2-1-3-8-12/h1-9H,(H3,19,20,21,22). The highest BCUT2D eigenvalue weighted by Gasteiger charge is 2.30. The Bertz CT molecular complexity index is 715. The van der Waals surface area contributed by atoms with Crippen molar-refractivity contribution in [2.24, 2.45) is 10.9 Å². The molecule has 2 rings (SSSR count). The van der Waals surface area contributed by atoms with Gasteiger partial charge in [0.1, 0.15) is 0 Å². The first-order chi connectivity index (χ1) is 10.9. The lowest BCUT2D eigenvalue weighted by molar-refractivity contribution is -0.137. The van der Waals surface area contributed by atoms with Crippen LogP contribution >= 0.6 is 0 Å². The molecule has 0 aromatic heterocycles. The Kier molecular flexibility index (Phi) is 4.85. The van der Waals surface area contributed by atoms with Gasteiger partial charge in [-0.3, -0.25) is 10.1 Å². The summed E-state index contributed by atoms with van der Waals surface area (Å²) in [5.74, 6) is -0.811. The first-order valence-electron chi connectivity index (χ1n) is 6.40. The van der Waals surface area contributed by atoms with Crippen molar-refractivity contribution in [3.63, 3.8) is 0 Å². The van der Waals surface area contributed by atoms with Crippen molar-refractivity contribution < 1.29 is 22.8 Å². The van der Waals surface area contributed by atoms with E-state index in [4.69, 9.17) is 10.6 Å². The van der Waals surface area contributed by atoms with Crippen LogP contribution in [0.5, 0.6) is 5.75 Å². The summed E-state index contributed by atoms with van der Waals surface area (Å²) in [6, 6.07) is 12.4. The zero-order valence-electron chi connectivity index (χ0n) is 11.7. The summed E-state index contributed by atoms with van der Waals surface area (Å²) in [5.41, 5.74) is 4.33. The minimum Gasteiger partial charge on any atom is -0.367 e. The normalized spacial score (nSPS) is 11.9. The van der Waals surface area contributed by atoms with Crippen molar-refractivity contribution in [2.75, 3.05) is 0 Å². The minimum atomic E-state index is -4.54. The van der Waals surface area contributed by atoms with E-state index in [2.05, 4.69) is 10.5 Å². The third-order valence-corrected chi connectivity index (χ3v) is 2.69. The molecule has 0 radical (unpaired) electrons. The predicted molar refractivity (Wildman–Crippen MR) is 77.6 cm³/mol. The van der Waals surface area contributed by atoms with Gasteiger partial charge in [-0.15, -0.1) is 0 Å². The summed E-state index contributed by atoms with van der Waals surface area (Å²) in [6.07, 6.45) is -4.54. The van der Waals surface area contributed by atoms with E-state index in [-0.39, 0.29) is 11.5 Å². The van der Waals surface area contributed by atoms with E-state index >= 15 is 0 Å². The zero-order chi connectivity index (χ0) is 16.9. The number of rotatable bonds is 3. The molecule has 0 spiro atoms. The average Bonchev–Trinajstić information content (AvgIpc) is 2.53. The van der Waals surface area contributed by atoms with Gasteiger partial charge in [0.2, 0.25) is 5.96 Å². The Hall–Kier alpha value is -3.03. The molecule has 5 nitrogen and oxygen atoms in total. The van der Waals surface area contributed by atoms with E-state index in [1.165, 1.54) is 6.07 Å². The van der Waals surface area contributed by atoms with Crippen LogP contribution in [0, 0.1) is 0 Å². The van der Waals surface area contributed by atoms with Gasteiger partial charge in [-0.05, 0) is 35.5 Å². The lowest BCUT2D eigenvalue weighted by atomic mass is 10.1. The van der Waals surface area contributed by atoms with Crippen LogP contribution in [-0.4, -0.2) is 11.9 Å². The fourth-order valence-electron chi connectivity index (χ4n) is 1.63. The number of amides is 1. The lowest BCUT2D eigenvalue weighted by Gasteiger charge is -2.08. The number of hydrogen-bond acceptors (Lipinski definition) is 3. The van der Waals surface area contributed by atoms with E-state index in [1.807, 2.05) is 0 Å². The Balaban J connectivity index is 2.04. The van der Waals surface area contributed by atoms with Crippen molar-refractivity contribution in [1.29, 1.82) is 0 Å². The summed E-state index contributed by atoms with van der Waals surface area (Å²) in [7, 11) is 0. The van der Waals surface area contributed by atoms with Crippen molar-refractivity contribution >= 4 is 11.9 Å². The highest BCUT2D eigenvalue weighted by molar-refractivity contribution is 6.05. The van der Waals surface area contributed by atoms with Crippen LogP contribution in [0.25, 0.3) is 0 Å². The second-order valence-electron chi connectivity index (χ2n) is 4.41. The van der Waals surface area contributed by atoms with Crippen molar-refractivity contribution in [1.82, 2.24) is 5.32 Å². The number of carbonyl (C=O) groups excluding carboxylic acids is 1. The number of halogens is 3. The molecular weight excluding hydrogens is 311 g/mol. The molecule has 120 valence electrons. The molecule has 0 unspecified atom stereocenters. The Morgan fingerprint density at radius 1 is 1.09 bits per heavy atom. The van der Waals surface area contributed by atoms with Crippen molar-refractivity contribution in [3.8, 4) is 5.75 Å². The van der Waals surface area contributed by atoms with Crippen molar-refractivity contribution in [2.45, 2.75) is 6.18 Å². The molecule has 1 amide bonds. The fraction of sp³-hybridized carbons (Fsp3) is 0.0667. The molecule has 0 aliphatic carbocycles. The fourth-order valence-corrected chi connectivity index (χ4v) is 1.63. The maximum absolute atomic E-state index is 12.6. The van der Waals surface area contributed by atoms with Gasteiger partial charge in [0.15, 0.2) is 5.75 Å². The van der Waals surface area contributed by atoms with Crippen LogP contribution in [0.4, 0.5) is 13.2 Å². The van der Waals surface area contributed by atoms with Gasteiger partial charge in [0.05, 0.1) is 5.56 Å². The van der Waals surface area contributed by atoms with Gasteiger partial charge in [-0.2, -0.15) is 13.2 Å². The van der Waals surface area contributed by atoms with Crippen LogP contribution in [0.2, 0.25) is 0 Å². The van der Waals surface area contributed by atoms with Gasteiger partial charge in [0, 0.05) is 5.56 Å². The third-order valence-electron chi connectivity index (χ3n) is 2.69. The highest BCUT2D eigenvalue weighted by Crippen LogP contribution is 2.29. The molecule has 0 saturated heterocycles. The molecule has 0 fully saturated rings. The number of nitrogens with zero attached hydrogens (tertiary/aromatic N) is 1. The Labute approximate surface area is 129 Å². The number of guanidine groups is 1. The Morgan fingerprint density at radius 2 is 1.78 bits per heavy atom. The van der Waals surface area contributed by atoms with E-state index in [9.17, 15) is 18.0 Å². The molecule has 0 saturated carbocycles. The Morgan fingerprint density at radius 3 is 2.43 bits per heavy atom. The topological polar surface area (TPSA) is 76.7 Å². The number of carbonyl (C=O) groups is 1. The lowest BCUT2D eigenvalue weighted by Crippen LogP contribution is -2.37. The van der Waals surface area contributed by atoms with Crippen LogP contribution in [-0.2, 0) is 6.18 Å². The number of benzene rings is 2. The first-order valence-corrected chi connectivity index (χ1v) is 6.40. The largest absolute Gasteiger partial charge is 0.416 e. The summed E-state index contributed by atoms with van der Waals surface area (Å²) >= 11 is 0. The van der Waals surface area contributed by atoms with E-state index in [0.717, 1.165) is 18.2 Å². The average molecular weight is 323 g/mol. The van der Waals surface area contributed by atoms with Crippen LogP contribution in [0.15, 0.2) is 59.8 Å². The molecule has 0 bridgehead atoms. The van der Waals surface area contributed by atoms with E-state index in [1.54, 1.807) is 30.3 Å². The quantitative estimate of drug-likeness (QED) is 0.518. The number of oxime groups is 1. The van der Waals surface area contributed by atoms with Crippen LogP contribution in [0.1, 0.15) is 15.9 Å². The molecule has 2 aromatic rings. The highest BCUT2D eigenvalue weighted by atomic mass is 19.4. The molecular formula is C15H12F3N3O2. The van der Waals surface area contributed by atoms with Crippen LogP contribution < -0.4 is 15.9 Å². The smallest absolute Gasteiger partial charge is 0.367 e. The van der Waals surface area contributed by atoms with Gasteiger partial charge >= 0.3 is 6.18 Å². The van der Waals surface area contributed by atoms with Gasteiger partial charge in [0.25, 0.3) is 5.91 Å². The van der Waals surface area contributed by atoms with Crippen LogP contribution in [0.3, 0.4) is 0 Å². The molecule has 23 heavy (non-hydrogen) atoms. The molecule has 3 N–H and O–H groups in total. The molecule has 0 aliphatic rings. The number of alkyl halides is 3. The predicted octanol–water partition coefficient (Wildman–Crippen LogP) is 2.74. The SMILES string of the molecule is NC(=NOc1ccccc1)NC(=O)c1cccc(C(F)(F)F)c1. The monoisotopic (exact) mass is 323 g/mol.